The van der Waals surface area contributed by atoms with Crippen molar-refractivity contribution in [1.82, 2.24) is 5.32 Å². The summed E-state index contributed by atoms with van der Waals surface area (Å²) in [5.74, 6) is 0.000558. The molecule has 1 aromatic rings. The maximum atomic E-state index is 11.4. The lowest BCUT2D eigenvalue weighted by Crippen LogP contribution is -2.28. The Morgan fingerprint density at radius 3 is 2.93 bits per heavy atom. The van der Waals surface area contributed by atoms with E-state index < -0.39 is 0 Å². The van der Waals surface area contributed by atoms with E-state index in [2.05, 4.69) is 21.2 Å². The van der Waals surface area contributed by atoms with E-state index in [1.165, 1.54) is 0 Å². The first-order chi connectivity index (χ1) is 6.63. The molecule has 78 valence electrons. The molecule has 1 rings (SSSR count). The number of halogens is 2. The van der Waals surface area contributed by atoms with Gasteiger partial charge in [-0.1, -0.05) is 22.9 Å². The lowest BCUT2D eigenvalue weighted by molar-refractivity contribution is 0.0926. The Morgan fingerprint density at radius 2 is 2.43 bits per heavy atom. The number of furan rings is 1. The van der Waals surface area contributed by atoms with Crippen LogP contribution in [0.15, 0.2) is 16.5 Å². The van der Waals surface area contributed by atoms with Gasteiger partial charge in [0.25, 0.3) is 5.91 Å². The molecule has 0 aromatic carbocycles. The molecule has 0 saturated carbocycles. The quantitative estimate of drug-likeness (QED) is 0.862. The number of rotatable bonds is 4. The van der Waals surface area contributed by atoms with E-state index >= 15 is 0 Å². The minimum Gasteiger partial charge on any atom is -0.440 e. The average molecular weight is 281 g/mol. The van der Waals surface area contributed by atoms with Gasteiger partial charge in [-0.2, -0.15) is 0 Å². The Labute approximate surface area is 95.9 Å². The average Bonchev–Trinajstić information content (AvgIpc) is 2.60. The molecular formula is C9H11BrClNO2. The molecule has 0 fully saturated rings. The van der Waals surface area contributed by atoms with Crippen molar-refractivity contribution >= 4 is 33.4 Å². The number of carbonyl (C=O) groups excluding carboxylic acids is 1. The van der Waals surface area contributed by atoms with Crippen LogP contribution in [0.2, 0.25) is 5.22 Å². The molecule has 0 radical (unpaired) electrons. The second kappa shape index (κ2) is 5.41. The molecule has 0 aliphatic carbocycles. The molecule has 1 N–H and O–H groups in total. The molecule has 1 amide bonds. The lowest BCUT2D eigenvalue weighted by atomic mass is 10.3. The molecule has 0 aliphatic heterocycles. The normalized spacial score (nSPS) is 12.5. The molecule has 0 bridgehead atoms. The van der Waals surface area contributed by atoms with Crippen LogP contribution in [0.5, 0.6) is 0 Å². The molecule has 14 heavy (non-hydrogen) atoms. The van der Waals surface area contributed by atoms with E-state index in [4.69, 9.17) is 16.0 Å². The minimum absolute atomic E-state index is 0.223. The zero-order valence-electron chi connectivity index (χ0n) is 7.72. The van der Waals surface area contributed by atoms with Crippen LogP contribution in [0.1, 0.15) is 23.9 Å². The molecule has 3 nitrogen and oxygen atoms in total. The maximum absolute atomic E-state index is 11.4. The van der Waals surface area contributed by atoms with E-state index in [1.54, 1.807) is 12.1 Å². The van der Waals surface area contributed by atoms with E-state index in [0.717, 1.165) is 6.42 Å². The van der Waals surface area contributed by atoms with Gasteiger partial charge in [-0.05, 0) is 30.2 Å². The van der Waals surface area contributed by atoms with Gasteiger partial charge in [-0.3, -0.25) is 4.79 Å². The monoisotopic (exact) mass is 279 g/mol. The van der Waals surface area contributed by atoms with Gasteiger partial charge in [0.1, 0.15) is 0 Å². The molecular weight excluding hydrogens is 269 g/mol. The number of nitrogens with one attached hydrogen (secondary N) is 1. The number of carbonyl (C=O) groups is 1. The third-order valence-electron chi connectivity index (χ3n) is 1.72. The predicted octanol–water partition coefficient (Wildman–Crippen LogP) is 2.84. The molecule has 0 aliphatic rings. The summed E-state index contributed by atoms with van der Waals surface area (Å²) in [6.45, 7) is 2.61. The summed E-state index contributed by atoms with van der Waals surface area (Å²) in [5, 5.41) is 2.95. The summed E-state index contributed by atoms with van der Waals surface area (Å²) in [6.07, 6.45) is 0.958. The lowest BCUT2D eigenvalue weighted by Gasteiger charge is -2.06. The fraction of sp³-hybridized carbons (Fsp3) is 0.444. The molecule has 5 heteroatoms. The van der Waals surface area contributed by atoms with Crippen molar-refractivity contribution in [3.8, 4) is 0 Å². The third kappa shape index (κ3) is 3.35. The summed E-state index contributed by atoms with van der Waals surface area (Å²) < 4.78 is 4.95. The SMILES string of the molecule is CCC(Br)CNC(=O)c1ccc(Cl)o1. The summed E-state index contributed by atoms with van der Waals surface area (Å²) in [4.78, 5) is 11.7. The van der Waals surface area contributed by atoms with E-state index in [9.17, 15) is 4.79 Å². The number of amides is 1. The first-order valence-electron chi connectivity index (χ1n) is 4.31. The van der Waals surface area contributed by atoms with Crippen molar-refractivity contribution in [2.75, 3.05) is 6.54 Å². The van der Waals surface area contributed by atoms with Gasteiger partial charge in [0.2, 0.25) is 0 Å². The largest absolute Gasteiger partial charge is 0.440 e. The van der Waals surface area contributed by atoms with Gasteiger partial charge in [-0.25, -0.2) is 0 Å². The number of alkyl halides is 1. The first-order valence-corrected chi connectivity index (χ1v) is 5.60. The van der Waals surface area contributed by atoms with Crippen molar-refractivity contribution in [2.24, 2.45) is 0 Å². The van der Waals surface area contributed by atoms with Crippen molar-refractivity contribution in [2.45, 2.75) is 18.2 Å². The van der Waals surface area contributed by atoms with E-state index in [1.807, 2.05) is 6.92 Å². The van der Waals surface area contributed by atoms with Crippen molar-refractivity contribution in [1.29, 1.82) is 0 Å². The van der Waals surface area contributed by atoms with Crippen LogP contribution < -0.4 is 5.32 Å². The fourth-order valence-electron chi connectivity index (χ4n) is 0.871. The molecule has 0 saturated heterocycles. The zero-order valence-corrected chi connectivity index (χ0v) is 10.1. The van der Waals surface area contributed by atoms with Gasteiger partial charge in [-0.15, -0.1) is 0 Å². The van der Waals surface area contributed by atoms with Crippen molar-refractivity contribution in [3.05, 3.63) is 23.1 Å². The summed E-state index contributed by atoms with van der Waals surface area (Å²) in [7, 11) is 0. The molecule has 0 spiro atoms. The van der Waals surface area contributed by atoms with Crippen LogP contribution >= 0.6 is 27.5 Å². The highest BCUT2D eigenvalue weighted by Gasteiger charge is 2.11. The Bertz CT molecular complexity index is 314. The summed E-state index contributed by atoms with van der Waals surface area (Å²) in [5.41, 5.74) is 0. The minimum atomic E-state index is -0.241. The fourth-order valence-corrected chi connectivity index (χ4v) is 1.18. The molecule has 1 aromatic heterocycles. The van der Waals surface area contributed by atoms with Crippen LogP contribution in [-0.4, -0.2) is 17.3 Å². The van der Waals surface area contributed by atoms with E-state index in [-0.39, 0.29) is 21.7 Å². The van der Waals surface area contributed by atoms with Gasteiger partial charge in [0, 0.05) is 11.4 Å². The van der Waals surface area contributed by atoms with Crippen LogP contribution in [-0.2, 0) is 0 Å². The summed E-state index contributed by atoms with van der Waals surface area (Å²) >= 11 is 8.95. The van der Waals surface area contributed by atoms with Crippen LogP contribution in [0.25, 0.3) is 0 Å². The van der Waals surface area contributed by atoms with E-state index in [0.29, 0.717) is 6.54 Å². The van der Waals surface area contributed by atoms with Crippen molar-refractivity contribution < 1.29 is 9.21 Å². The smallest absolute Gasteiger partial charge is 0.287 e. The Morgan fingerprint density at radius 1 is 1.71 bits per heavy atom. The predicted molar refractivity (Wildman–Crippen MR) is 59.1 cm³/mol. The highest BCUT2D eigenvalue weighted by Crippen LogP contribution is 2.13. The van der Waals surface area contributed by atoms with Crippen molar-refractivity contribution in [3.63, 3.8) is 0 Å². The summed E-state index contributed by atoms with van der Waals surface area (Å²) in [6, 6.07) is 3.09. The van der Waals surface area contributed by atoms with Gasteiger partial charge >= 0.3 is 0 Å². The first kappa shape index (κ1) is 11.6. The highest BCUT2D eigenvalue weighted by atomic mass is 79.9. The highest BCUT2D eigenvalue weighted by molar-refractivity contribution is 9.09. The second-order valence-corrected chi connectivity index (χ2v) is 4.49. The molecule has 1 heterocycles. The third-order valence-corrected chi connectivity index (χ3v) is 2.90. The van der Waals surface area contributed by atoms with Crippen LogP contribution in [0.3, 0.4) is 0 Å². The van der Waals surface area contributed by atoms with Crippen LogP contribution in [0.4, 0.5) is 0 Å². The van der Waals surface area contributed by atoms with Gasteiger partial charge < -0.3 is 9.73 Å². The number of hydrogen-bond donors (Lipinski definition) is 1. The van der Waals surface area contributed by atoms with Gasteiger partial charge in [0.15, 0.2) is 11.0 Å². The number of hydrogen-bond acceptors (Lipinski definition) is 2. The Balaban J connectivity index is 2.43. The molecule has 1 atom stereocenters. The topological polar surface area (TPSA) is 42.2 Å². The Kier molecular flexibility index (Phi) is 4.48. The zero-order chi connectivity index (χ0) is 10.6. The maximum Gasteiger partial charge on any atom is 0.287 e. The van der Waals surface area contributed by atoms with Crippen LogP contribution in [0, 0.1) is 0 Å². The molecule has 1 unspecified atom stereocenters. The Hall–Kier alpha value is -0.480. The standard InChI is InChI=1S/C9H11BrClNO2/c1-2-6(10)5-12-9(13)7-3-4-8(11)14-7/h3-4,6H,2,5H2,1H3,(H,12,13). The van der Waals surface area contributed by atoms with Gasteiger partial charge in [0.05, 0.1) is 0 Å². The second-order valence-electron chi connectivity index (χ2n) is 2.82.